The van der Waals surface area contributed by atoms with E-state index in [1.54, 1.807) is 13.4 Å². The number of hydrogen-bond donors (Lipinski definition) is 0. The molecule has 0 fully saturated rings. The standard InChI is InChI=1S/C13H16BrN3O2/c1-3-17-13(15-9-16-17)8-19-12-6-11(18-2)5-4-10(12)7-14/h4-6,9H,3,7-8H2,1-2H3. The van der Waals surface area contributed by atoms with Gasteiger partial charge in [-0.3, -0.25) is 0 Å². The smallest absolute Gasteiger partial charge is 0.164 e. The Kier molecular flexibility index (Phi) is 4.79. The van der Waals surface area contributed by atoms with E-state index in [-0.39, 0.29) is 0 Å². The van der Waals surface area contributed by atoms with E-state index in [4.69, 9.17) is 9.47 Å². The van der Waals surface area contributed by atoms with Crippen molar-refractivity contribution >= 4 is 15.9 Å². The molecule has 0 aliphatic carbocycles. The van der Waals surface area contributed by atoms with Gasteiger partial charge in [-0.05, 0) is 13.0 Å². The first-order chi connectivity index (χ1) is 9.28. The van der Waals surface area contributed by atoms with Crippen LogP contribution in [0.2, 0.25) is 0 Å². The Morgan fingerprint density at radius 2 is 2.21 bits per heavy atom. The molecule has 0 atom stereocenters. The van der Waals surface area contributed by atoms with Crippen molar-refractivity contribution in [1.82, 2.24) is 14.8 Å². The third kappa shape index (κ3) is 3.26. The molecule has 0 spiro atoms. The van der Waals surface area contributed by atoms with Crippen molar-refractivity contribution in [2.75, 3.05) is 7.11 Å². The number of methoxy groups -OCH3 is 1. The summed E-state index contributed by atoms with van der Waals surface area (Å²) in [6.07, 6.45) is 1.54. The molecule has 1 aromatic heterocycles. The van der Waals surface area contributed by atoms with Gasteiger partial charge in [-0.15, -0.1) is 0 Å². The lowest BCUT2D eigenvalue weighted by molar-refractivity contribution is 0.283. The highest BCUT2D eigenvalue weighted by molar-refractivity contribution is 9.08. The topological polar surface area (TPSA) is 49.2 Å². The second kappa shape index (κ2) is 6.56. The van der Waals surface area contributed by atoms with Gasteiger partial charge in [0.1, 0.15) is 24.4 Å². The van der Waals surface area contributed by atoms with Gasteiger partial charge in [0.05, 0.1) is 7.11 Å². The molecule has 0 amide bonds. The van der Waals surface area contributed by atoms with Gasteiger partial charge in [0, 0.05) is 23.5 Å². The summed E-state index contributed by atoms with van der Waals surface area (Å²) in [5.41, 5.74) is 1.07. The Hall–Kier alpha value is -1.56. The minimum absolute atomic E-state index is 0.390. The average molecular weight is 326 g/mol. The Morgan fingerprint density at radius 3 is 2.89 bits per heavy atom. The van der Waals surface area contributed by atoms with E-state index in [0.29, 0.717) is 6.61 Å². The van der Waals surface area contributed by atoms with Crippen molar-refractivity contribution in [3.05, 3.63) is 35.9 Å². The fourth-order valence-electron chi connectivity index (χ4n) is 1.71. The lowest BCUT2D eigenvalue weighted by Gasteiger charge is -2.11. The lowest BCUT2D eigenvalue weighted by Crippen LogP contribution is -2.08. The first-order valence-corrected chi connectivity index (χ1v) is 7.13. The SMILES string of the molecule is CCn1ncnc1COc1cc(OC)ccc1CBr. The number of aromatic nitrogens is 3. The van der Waals surface area contributed by atoms with E-state index >= 15 is 0 Å². The molecular weight excluding hydrogens is 310 g/mol. The maximum absolute atomic E-state index is 5.82. The number of nitrogens with zero attached hydrogens (tertiary/aromatic N) is 3. The average Bonchev–Trinajstić information content (AvgIpc) is 2.92. The number of benzene rings is 1. The largest absolute Gasteiger partial charge is 0.497 e. The molecule has 0 aliphatic heterocycles. The molecule has 1 heterocycles. The Balaban J connectivity index is 2.14. The number of alkyl halides is 1. The van der Waals surface area contributed by atoms with Crippen LogP contribution in [-0.4, -0.2) is 21.9 Å². The summed E-state index contributed by atoms with van der Waals surface area (Å²) in [6, 6.07) is 5.77. The maximum Gasteiger partial charge on any atom is 0.164 e. The molecule has 0 aliphatic rings. The molecule has 19 heavy (non-hydrogen) atoms. The first-order valence-electron chi connectivity index (χ1n) is 6.00. The minimum Gasteiger partial charge on any atom is -0.497 e. The number of ether oxygens (including phenoxy) is 2. The molecule has 2 aromatic rings. The summed E-state index contributed by atoms with van der Waals surface area (Å²) in [6.45, 7) is 3.19. The third-order valence-electron chi connectivity index (χ3n) is 2.77. The third-order valence-corrected chi connectivity index (χ3v) is 3.37. The van der Waals surface area contributed by atoms with Crippen molar-refractivity contribution in [2.45, 2.75) is 25.4 Å². The Labute approximate surface area is 120 Å². The van der Waals surface area contributed by atoms with Gasteiger partial charge < -0.3 is 9.47 Å². The van der Waals surface area contributed by atoms with Gasteiger partial charge >= 0.3 is 0 Å². The van der Waals surface area contributed by atoms with Gasteiger partial charge in [-0.1, -0.05) is 22.0 Å². The van der Waals surface area contributed by atoms with Crippen LogP contribution < -0.4 is 9.47 Å². The normalized spacial score (nSPS) is 10.5. The highest BCUT2D eigenvalue weighted by atomic mass is 79.9. The zero-order valence-corrected chi connectivity index (χ0v) is 12.6. The van der Waals surface area contributed by atoms with E-state index in [1.807, 2.05) is 29.8 Å². The quantitative estimate of drug-likeness (QED) is 0.766. The van der Waals surface area contributed by atoms with Crippen molar-refractivity contribution < 1.29 is 9.47 Å². The second-order valence-electron chi connectivity index (χ2n) is 3.89. The molecule has 1 aromatic carbocycles. The summed E-state index contributed by atoms with van der Waals surface area (Å²) in [4.78, 5) is 4.18. The molecule has 102 valence electrons. The molecule has 2 rings (SSSR count). The van der Waals surface area contributed by atoms with Gasteiger partial charge in [0.2, 0.25) is 0 Å². The van der Waals surface area contributed by atoms with Crippen molar-refractivity contribution in [2.24, 2.45) is 0 Å². The van der Waals surface area contributed by atoms with Crippen LogP contribution in [0.5, 0.6) is 11.5 Å². The van der Waals surface area contributed by atoms with E-state index < -0.39 is 0 Å². The Bertz CT molecular complexity index is 542. The van der Waals surface area contributed by atoms with E-state index in [2.05, 4.69) is 26.0 Å². The van der Waals surface area contributed by atoms with E-state index in [1.165, 1.54) is 0 Å². The predicted octanol–water partition coefficient (Wildman–Crippen LogP) is 2.78. The fraction of sp³-hybridized carbons (Fsp3) is 0.385. The summed E-state index contributed by atoms with van der Waals surface area (Å²) in [5.74, 6) is 2.38. The molecule has 5 nitrogen and oxygen atoms in total. The van der Waals surface area contributed by atoms with Crippen LogP contribution in [0.3, 0.4) is 0 Å². The van der Waals surface area contributed by atoms with Gasteiger partial charge in [-0.2, -0.15) is 5.10 Å². The number of hydrogen-bond acceptors (Lipinski definition) is 4. The number of aryl methyl sites for hydroxylation is 1. The maximum atomic E-state index is 5.82. The molecule has 0 saturated carbocycles. The molecule has 0 unspecified atom stereocenters. The highest BCUT2D eigenvalue weighted by Gasteiger charge is 2.08. The van der Waals surface area contributed by atoms with Gasteiger partial charge in [0.15, 0.2) is 5.82 Å². The van der Waals surface area contributed by atoms with Gasteiger partial charge in [-0.25, -0.2) is 9.67 Å². The predicted molar refractivity (Wildman–Crippen MR) is 75.7 cm³/mol. The molecular formula is C13H16BrN3O2. The lowest BCUT2D eigenvalue weighted by atomic mass is 10.2. The number of halogens is 1. The zero-order chi connectivity index (χ0) is 13.7. The van der Waals surface area contributed by atoms with Crippen LogP contribution in [0.4, 0.5) is 0 Å². The van der Waals surface area contributed by atoms with Crippen LogP contribution in [0.25, 0.3) is 0 Å². The summed E-state index contributed by atoms with van der Waals surface area (Å²) < 4.78 is 12.8. The van der Waals surface area contributed by atoms with Crippen molar-refractivity contribution in [3.63, 3.8) is 0 Å². The summed E-state index contributed by atoms with van der Waals surface area (Å²) in [7, 11) is 1.64. The van der Waals surface area contributed by atoms with E-state index in [9.17, 15) is 0 Å². The monoisotopic (exact) mass is 325 g/mol. The minimum atomic E-state index is 0.390. The molecule has 0 bridgehead atoms. The highest BCUT2D eigenvalue weighted by Crippen LogP contribution is 2.27. The van der Waals surface area contributed by atoms with E-state index in [0.717, 1.165) is 34.8 Å². The van der Waals surface area contributed by atoms with Crippen LogP contribution in [0.15, 0.2) is 24.5 Å². The second-order valence-corrected chi connectivity index (χ2v) is 4.45. The first kappa shape index (κ1) is 13.9. The zero-order valence-electron chi connectivity index (χ0n) is 11.0. The fourth-order valence-corrected chi connectivity index (χ4v) is 2.18. The van der Waals surface area contributed by atoms with Gasteiger partial charge in [0.25, 0.3) is 0 Å². The van der Waals surface area contributed by atoms with Crippen LogP contribution in [-0.2, 0) is 18.5 Å². The van der Waals surface area contributed by atoms with Crippen LogP contribution in [0.1, 0.15) is 18.3 Å². The van der Waals surface area contributed by atoms with Crippen molar-refractivity contribution in [1.29, 1.82) is 0 Å². The number of rotatable bonds is 6. The summed E-state index contributed by atoms with van der Waals surface area (Å²) >= 11 is 3.45. The molecule has 0 saturated heterocycles. The summed E-state index contributed by atoms with van der Waals surface area (Å²) in [5, 5.41) is 4.84. The molecule has 0 N–H and O–H groups in total. The Morgan fingerprint density at radius 1 is 1.37 bits per heavy atom. The van der Waals surface area contributed by atoms with Crippen LogP contribution in [0, 0.1) is 0 Å². The van der Waals surface area contributed by atoms with Crippen LogP contribution >= 0.6 is 15.9 Å². The molecule has 0 radical (unpaired) electrons. The van der Waals surface area contributed by atoms with Crippen molar-refractivity contribution in [3.8, 4) is 11.5 Å². The molecule has 6 heteroatoms.